The second-order valence-corrected chi connectivity index (χ2v) is 6.09. The maximum absolute atomic E-state index is 12.9. The minimum atomic E-state index is 0. The molecule has 0 aliphatic carbocycles. The summed E-state index contributed by atoms with van der Waals surface area (Å²) >= 11 is 0. The van der Waals surface area contributed by atoms with Gasteiger partial charge >= 0.3 is 0 Å². The Morgan fingerprint density at radius 1 is 1.08 bits per heavy atom. The van der Waals surface area contributed by atoms with Gasteiger partial charge in [0.15, 0.2) is 11.5 Å². The molecule has 0 bridgehead atoms. The molecule has 0 radical (unpaired) electrons. The van der Waals surface area contributed by atoms with Gasteiger partial charge in [0, 0.05) is 31.7 Å². The summed E-state index contributed by atoms with van der Waals surface area (Å²) in [6.07, 6.45) is 0. The van der Waals surface area contributed by atoms with Crippen molar-refractivity contribution >= 4 is 18.3 Å². The zero-order valence-electron chi connectivity index (χ0n) is 14.1. The van der Waals surface area contributed by atoms with Gasteiger partial charge in [-0.05, 0) is 47.9 Å². The van der Waals surface area contributed by atoms with Crippen LogP contribution in [0.15, 0.2) is 36.4 Å². The van der Waals surface area contributed by atoms with E-state index >= 15 is 0 Å². The molecule has 2 aromatic carbocycles. The third kappa shape index (κ3) is 3.43. The first kappa shape index (κ1) is 17.6. The van der Waals surface area contributed by atoms with Crippen molar-refractivity contribution in [3.63, 3.8) is 0 Å². The minimum absolute atomic E-state index is 0. The van der Waals surface area contributed by atoms with Crippen molar-refractivity contribution in [3.8, 4) is 11.5 Å². The summed E-state index contributed by atoms with van der Waals surface area (Å²) in [5.74, 6) is 1.57. The molecule has 1 amide bonds. The summed E-state index contributed by atoms with van der Waals surface area (Å²) in [6, 6.07) is 11.8. The van der Waals surface area contributed by atoms with Crippen molar-refractivity contribution in [2.45, 2.75) is 26.6 Å². The van der Waals surface area contributed by atoms with E-state index in [0.29, 0.717) is 13.1 Å². The highest BCUT2D eigenvalue weighted by Gasteiger charge is 2.19. The fourth-order valence-electron chi connectivity index (χ4n) is 3.20. The third-order valence-electron chi connectivity index (χ3n) is 4.56. The van der Waals surface area contributed by atoms with Crippen LogP contribution in [0.2, 0.25) is 0 Å². The van der Waals surface area contributed by atoms with E-state index in [-0.39, 0.29) is 25.1 Å². The van der Waals surface area contributed by atoms with E-state index in [2.05, 4.69) is 11.4 Å². The molecule has 6 heteroatoms. The first-order chi connectivity index (χ1) is 11.7. The summed E-state index contributed by atoms with van der Waals surface area (Å²) in [5.41, 5.74) is 4.29. The molecule has 0 unspecified atom stereocenters. The van der Waals surface area contributed by atoms with E-state index < -0.39 is 0 Å². The monoisotopic (exact) mass is 360 g/mol. The fraction of sp³-hybridized carbons (Fsp3) is 0.316. The van der Waals surface area contributed by atoms with E-state index in [9.17, 15) is 4.79 Å². The lowest BCUT2D eigenvalue weighted by molar-refractivity contribution is 0.0752. The van der Waals surface area contributed by atoms with Gasteiger partial charge in [-0.25, -0.2) is 0 Å². The van der Waals surface area contributed by atoms with Gasteiger partial charge in [-0.3, -0.25) is 4.79 Å². The normalized spacial score (nSPS) is 14.0. The van der Waals surface area contributed by atoms with Gasteiger partial charge < -0.3 is 19.7 Å². The number of carbonyl (C=O) groups excluding carboxylic acids is 1. The molecular formula is C19H21ClN2O3. The predicted octanol–water partition coefficient (Wildman–Crippen LogP) is 3.10. The Bertz CT molecular complexity index is 794. The number of nitrogens with one attached hydrogen (secondary N) is 1. The van der Waals surface area contributed by atoms with E-state index in [0.717, 1.165) is 35.7 Å². The molecule has 2 aromatic rings. The second-order valence-electron chi connectivity index (χ2n) is 6.09. The maximum Gasteiger partial charge on any atom is 0.254 e. The van der Waals surface area contributed by atoms with Crippen LogP contribution in [0.5, 0.6) is 11.5 Å². The molecule has 0 atom stereocenters. The lowest BCUT2D eigenvalue weighted by atomic mass is 10.1. The van der Waals surface area contributed by atoms with Crippen molar-refractivity contribution in [2.75, 3.05) is 13.3 Å². The summed E-state index contributed by atoms with van der Waals surface area (Å²) in [4.78, 5) is 14.7. The minimum Gasteiger partial charge on any atom is -0.454 e. The van der Waals surface area contributed by atoms with Gasteiger partial charge in [0.2, 0.25) is 6.79 Å². The van der Waals surface area contributed by atoms with Gasteiger partial charge in [0.25, 0.3) is 5.91 Å². The lowest BCUT2D eigenvalue weighted by Crippen LogP contribution is -2.30. The van der Waals surface area contributed by atoms with Crippen LogP contribution in [0.4, 0.5) is 0 Å². The number of rotatable bonds is 4. The van der Waals surface area contributed by atoms with Crippen LogP contribution in [-0.2, 0) is 19.6 Å². The lowest BCUT2D eigenvalue weighted by Gasteiger charge is -2.21. The van der Waals surface area contributed by atoms with Crippen LogP contribution < -0.4 is 14.8 Å². The third-order valence-corrected chi connectivity index (χ3v) is 4.56. The largest absolute Gasteiger partial charge is 0.454 e. The number of ether oxygens (including phenoxy) is 2. The molecule has 1 N–H and O–H groups in total. The van der Waals surface area contributed by atoms with Crippen molar-refractivity contribution in [1.82, 2.24) is 10.2 Å². The number of halogens is 1. The first-order valence-electron chi connectivity index (χ1n) is 8.25. The van der Waals surface area contributed by atoms with Gasteiger partial charge in [0.05, 0.1) is 0 Å². The Morgan fingerprint density at radius 2 is 1.88 bits per heavy atom. The van der Waals surface area contributed by atoms with Gasteiger partial charge in [-0.1, -0.05) is 12.1 Å². The van der Waals surface area contributed by atoms with E-state index in [4.69, 9.17) is 9.47 Å². The molecular weight excluding hydrogens is 340 g/mol. The molecule has 25 heavy (non-hydrogen) atoms. The van der Waals surface area contributed by atoms with Crippen molar-refractivity contribution < 1.29 is 14.3 Å². The van der Waals surface area contributed by atoms with Gasteiger partial charge in [-0.2, -0.15) is 0 Å². The SMILES string of the molecule is CCN(Cc1ccc2c(c1)OCO2)C(=O)c1ccc2c(c1)CNC2.Cl. The Hall–Kier alpha value is -2.24. The molecule has 5 nitrogen and oxygen atoms in total. The zero-order valence-corrected chi connectivity index (χ0v) is 14.9. The van der Waals surface area contributed by atoms with Gasteiger partial charge in [-0.15, -0.1) is 12.4 Å². The summed E-state index contributed by atoms with van der Waals surface area (Å²) < 4.78 is 10.8. The Morgan fingerprint density at radius 3 is 2.72 bits per heavy atom. The number of nitrogens with zero attached hydrogens (tertiary/aromatic N) is 1. The number of hydrogen-bond donors (Lipinski definition) is 1. The maximum atomic E-state index is 12.9. The van der Waals surface area contributed by atoms with Crippen molar-refractivity contribution in [2.24, 2.45) is 0 Å². The Balaban J connectivity index is 0.00000182. The number of amides is 1. The van der Waals surface area contributed by atoms with Gasteiger partial charge in [0.1, 0.15) is 0 Å². The molecule has 2 heterocycles. The quantitative estimate of drug-likeness (QED) is 0.910. The molecule has 0 fully saturated rings. The van der Waals surface area contributed by atoms with Crippen LogP contribution in [0, 0.1) is 0 Å². The predicted molar refractivity (Wildman–Crippen MR) is 97.2 cm³/mol. The molecule has 2 aliphatic heterocycles. The molecule has 132 valence electrons. The van der Waals surface area contributed by atoms with Crippen LogP contribution >= 0.6 is 12.4 Å². The number of hydrogen-bond acceptors (Lipinski definition) is 4. The average Bonchev–Trinajstić information content (AvgIpc) is 3.26. The summed E-state index contributed by atoms with van der Waals surface area (Å²) in [7, 11) is 0. The number of benzene rings is 2. The highest BCUT2D eigenvalue weighted by Crippen LogP contribution is 2.33. The summed E-state index contributed by atoms with van der Waals surface area (Å²) in [6.45, 7) is 5.20. The standard InChI is InChI=1S/C19H20N2O3.ClH/c1-2-21(11-13-3-6-17-18(7-13)24-12-23-17)19(22)14-4-5-15-9-20-10-16(15)8-14;/h3-8,20H,2,9-12H2,1H3;1H. The van der Waals surface area contributed by atoms with Crippen LogP contribution in [0.3, 0.4) is 0 Å². The zero-order chi connectivity index (χ0) is 16.5. The van der Waals surface area contributed by atoms with Crippen LogP contribution in [0.1, 0.15) is 34.0 Å². The number of carbonyl (C=O) groups is 1. The van der Waals surface area contributed by atoms with E-state index in [1.165, 1.54) is 11.1 Å². The number of fused-ring (bicyclic) bond motifs is 2. The molecule has 0 spiro atoms. The highest BCUT2D eigenvalue weighted by atomic mass is 35.5. The molecule has 0 aromatic heterocycles. The molecule has 2 aliphatic rings. The van der Waals surface area contributed by atoms with Crippen molar-refractivity contribution in [3.05, 3.63) is 58.7 Å². The summed E-state index contributed by atoms with van der Waals surface area (Å²) in [5, 5.41) is 3.31. The molecule has 0 saturated carbocycles. The van der Waals surface area contributed by atoms with Crippen molar-refractivity contribution in [1.29, 1.82) is 0 Å². The molecule has 0 saturated heterocycles. The second kappa shape index (κ2) is 7.33. The topological polar surface area (TPSA) is 50.8 Å². The highest BCUT2D eigenvalue weighted by molar-refractivity contribution is 5.94. The first-order valence-corrected chi connectivity index (χ1v) is 8.25. The average molecular weight is 361 g/mol. The van der Waals surface area contributed by atoms with E-state index in [1.54, 1.807) is 0 Å². The van der Waals surface area contributed by atoms with Crippen LogP contribution in [-0.4, -0.2) is 24.1 Å². The Labute approximate surface area is 153 Å². The van der Waals surface area contributed by atoms with E-state index in [1.807, 2.05) is 42.2 Å². The smallest absolute Gasteiger partial charge is 0.254 e. The Kier molecular flexibility index (Phi) is 5.16. The fourth-order valence-corrected chi connectivity index (χ4v) is 3.20. The molecule has 4 rings (SSSR count). The van der Waals surface area contributed by atoms with Crippen LogP contribution in [0.25, 0.3) is 0 Å².